The predicted octanol–water partition coefficient (Wildman–Crippen LogP) is 3.03. The lowest BCUT2D eigenvalue weighted by atomic mass is 9.88. The second kappa shape index (κ2) is 6.84. The summed E-state index contributed by atoms with van der Waals surface area (Å²) in [5.74, 6) is 0.0259. The van der Waals surface area contributed by atoms with E-state index in [1.165, 1.54) is 29.2 Å². The van der Waals surface area contributed by atoms with Crippen molar-refractivity contribution in [3.05, 3.63) is 48.0 Å². The monoisotopic (exact) mass is 353 g/mol. The second-order valence-corrected chi connectivity index (χ2v) is 7.52. The number of nitrogens with one attached hydrogen (secondary N) is 2. The standard InChI is InChI=1S/C18H19N5OS/c1-11(25-18-15-16(20-9-19-15)21-10-22-18)17(24)23-14-8-4-6-12-5-2-3-7-13(12)14/h2-3,5,7,9-11,14H,4,6,8H2,1H3,(H,23,24)(H,19,20,21,22). The van der Waals surface area contributed by atoms with Gasteiger partial charge in [0.15, 0.2) is 5.65 Å². The van der Waals surface area contributed by atoms with Crippen molar-refractivity contribution in [2.75, 3.05) is 0 Å². The summed E-state index contributed by atoms with van der Waals surface area (Å²) in [6, 6.07) is 8.47. The molecule has 2 unspecified atom stereocenters. The zero-order valence-corrected chi connectivity index (χ0v) is 14.7. The molecule has 0 fully saturated rings. The van der Waals surface area contributed by atoms with Crippen LogP contribution in [0, 0.1) is 0 Å². The molecule has 0 saturated heterocycles. The van der Waals surface area contributed by atoms with Crippen LogP contribution in [0.2, 0.25) is 0 Å². The van der Waals surface area contributed by atoms with E-state index in [0.717, 1.165) is 29.8 Å². The Hall–Kier alpha value is -2.41. The third-order valence-electron chi connectivity index (χ3n) is 4.53. The molecule has 1 aliphatic rings. The normalized spacial score (nSPS) is 17.9. The number of fused-ring (bicyclic) bond motifs is 2. The number of amides is 1. The zero-order valence-electron chi connectivity index (χ0n) is 13.9. The van der Waals surface area contributed by atoms with Gasteiger partial charge in [0.1, 0.15) is 16.9 Å². The van der Waals surface area contributed by atoms with Crippen LogP contribution >= 0.6 is 11.8 Å². The van der Waals surface area contributed by atoms with Crippen molar-refractivity contribution in [3.63, 3.8) is 0 Å². The third-order valence-corrected chi connectivity index (χ3v) is 5.63. The molecule has 0 spiro atoms. The highest BCUT2D eigenvalue weighted by Crippen LogP contribution is 2.31. The third kappa shape index (κ3) is 3.24. The molecule has 2 atom stereocenters. The van der Waals surface area contributed by atoms with Crippen LogP contribution in [0.25, 0.3) is 11.2 Å². The Labute approximate surface area is 149 Å². The molecule has 1 aromatic carbocycles. The van der Waals surface area contributed by atoms with Crippen LogP contribution in [0.15, 0.2) is 41.9 Å². The maximum Gasteiger partial charge on any atom is 0.233 e. The van der Waals surface area contributed by atoms with Gasteiger partial charge in [0.25, 0.3) is 0 Å². The molecule has 7 heteroatoms. The number of hydrogen-bond acceptors (Lipinski definition) is 5. The number of H-pyrrole nitrogens is 1. The molecule has 3 aromatic rings. The van der Waals surface area contributed by atoms with Crippen molar-refractivity contribution in [2.45, 2.75) is 42.5 Å². The fraction of sp³-hybridized carbons (Fsp3) is 0.333. The number of rotatable bonds is 4. The number of aromatic nitrogens is 4. The molecular formula is C18H19N5OS. The molecule has 2 heterocycles. The number of nitrogens with zero attached hydrogens (tertiary/aromatic N) is 3. The van der Waals surface area contributed by atoms with Gasteiger partial charge in [0.2, 0.25) is 5.91 Å². The van der Waals surface area contributed by atoms with Crippen LogP contribution in [-0.2, 0) is 11.2 Å². The molecule has 4 rings (SSSR count). The van der Waals surface area contributed by atoms with E-state index in [9.17, 15) is 4.79 Å². The second-order valence-electron chi connectivity index (χ2n) is 6.19. The Bertz CT molecular complexity index is 909. The number of carbonyl (C=O) groups excluding carboxylic acids is 1. The minimum atomic E-state index is -0.254. The van der Waals surface area contributed by atoms with Crippen molar-refractivity contribution >= 4 is 28.8 Å². The highest BCUT2D eigenvalue weighted by atomic mass is 32.2. The van der Waals surface area contributed by atoms with Gasteiger partial charge in [-0.05, 0) is 37.3 Å². The highest BCUT2D eigenvalue weighted by Gasteiger charge is 2.24. The number of benzene rings is 1. The first-order valence-corrected chi connectivity index (χ1v) is 9.29. The lowest BCUT2D eigenvalue weighted by molar-refractivity contribution is -0.121. The predicted molar refractivity (Wildman–Crippen MR) is 97.3 cm³/mol. The highest BCUT2D eigenvalue weighted by molar-refractivity contribution is 8.00. The van der Waals surface area contributed by atoms with Crippen LogP contribution < -0.4 is 5.32 Å². The summed E-state index contributed by atoms with van der Waals surface area (Å²) in [7, 11) is 0. The van der Waals surface area contributed by atoms with Gasteiger partial charge in [-0.15, -0.1) is 0 Å². The molecule has 0 radical (unpaired) electrons. The molecule has 1 amide bonds. The first-order valence-electron chi connectivity index (χ1n) is 8.41. The van der Waals surface area contributed by atoms with Gasteiger partial charge in [-0.2, -0.15) is 0 Å². The molecule has 0 saturated carbocycles. The van der Waals surface area contributed by atoms with Crippen LogP contribution in [0.5, 0.6) is 0 Å². The van der Waals surface area contributed by atoms with Crippen LogP contribution in [0.4, 0.5) is 0 Å². The lowest BCUT2D eigenvalue weighted by Gasteiger charge is -2.27. The number of hydrogen-bond donors (Lipinski definition) is 2. The van der Waals surface area contributed by atoms with Crippen molar-refractivity contribution in [3.8, 4) is 0 Å². The first kappa shape index (κ1) is 16.1. The quantitative estimate of drug-likeness (QED) is 0.556. The summed E-state index contributed by atoms with van der Waals surface area (Å²) >= 11 is 1.42. The van der Waals surface area contributed by atoms with Crippen molar-refractivity contribution in [1.82, 2.24) is 25.3 Å². The Morgan fingerprint density at radius 1 is 1.32 bits per heavy atom. The molecular weight excluding hydrogens is 334 g/mol. The van der Waals surface area contributed by atoms with Crippen molar-refractivity contribution in [2.24, 2.45) is 0 Å². The van der Waals surface area contributed by atoms with Crippen LogP contribution in [0.1, 0.15) is 36.9 Å². The molecule has 2 aromatic heterocycles. The van der Waals surface area contributed by atoms with E-state index in [4.69, 9.17) is 0 Å². The van der Waals surface area contributed by atoms with E-state index in [1.807, 2.05) is 13.0 Å². The maximum atomic E-state index is 12.7. The average molecular weight is 353 g/mol. The smallest absolute Gasteiger partial charge is 0.233 e. The van der Waals surface area contributed by atoms with Gasteiger partial charge in [-0.25, -0.2) is 15.0 Å². The first-order chi connectivity index (χ1) is 12.2. The lowest BCUT2D eigenvalue weighted by Crippen LogP contribution is -2.35. The van der Waals surface area contributed by atoms with Gasteiger partial charge in [0, 0.05) is 0 Å². The minimum absolute atomic E-state index is 0.0259. The number of aryl methyl sites for hydroxylation is 1. The molecule has 0 aliphatic heterocycles. The van der Waals surface area contributed by atoms with E-state index in [2.05, 4.69) is 43.5 Å². The van der Waals surface area contributed by atoms with Crippen LogP contribution in [-0.4, -0.2) is 31.1 Å². The number of aromatic amines is 1. The zero-order chi connectivity index (χ0) is 17.2. The van der Waals surface area contributed by atoms with E-state index < -0.39 is 0 Å². The summed E-state index contributed by atoms with van der Waals surface area (Å²) in [5.41, 5.74) is 3.98. The van der Waals surface area contributed by atoms with Gasteiger partial charge in [-0.3, -0.25) is 4.79 Å². The fourth-order valence-corrected chi connectivity index (χ4v) is 4.13. The van der Waals surface area contributed by atoms with E-state index in [1.54, 1.807) is 6.33 Å². The number of carbonyl (C=O) groups is 1. The Kier molecular flexibility index (Phi) is 4.40. The van der Waals surface area contributed by atoms with E-state index in [-0.39, 0.29) is 17.2 Å². The molecule has 25 heavy (non-hydrogen) atoms. The average Bonchev–Trinajstić information content (AvgIpc) is 3.12. The summed E-state index contributed by atoms with van der Waals surface area (Å²) < 4.78 is 0. The van der Waals surface area contributed by atoms with Crippen molar-refractivity contribution in [1.29, 1.82) is 0 Å². The summed E-state index contributed by atoms with van der Waals surface area (Å²) in [6.07, 6.45) is 6.24. The summed E-state index contributed by atoms with van der Waals surface area (Å²) in [5, 5.41) is 3.70. The van der Waals surface area contributed by atoms with Gasteiger partial charge >= 0.3 is 0 Å². The SMILES string of the molecule is CC(Sc1ncnc2nc[nH]c12)C(=O)NC1CCCc2ccccc21. The Morgan fingerprint density at radius 2 is 2.20 bits per heavy atom. The fourth-order valence-electron chi connectivity index (χ4n) is 3.25. The molecule has 1 aliphatic carbocycles. The maximum absolute atomic E-state index is 12.7. The summed E-state index contributed by atoms with van der Waals surface area (Å²) in [6.45, 7) is 1.90. The topological polar surface area (TPSA) is 83.6 Å². The van der Waals surface area contributed by atoms with Crippen LogP contribution in [0.3, 0.4) is 0 Å². The molecule has 128 valence electrons. The Morgan fingerprint density at radius 3 is 3.12 bits per heavy atom. The van der Waals surface area contributed by atoms with Gasteiger partial charge < -0.3 is 10.3 Å². The molecule has 6 nitrogen and oxygen atoms in total. The van der Waals surface area contributed by atoms with E-state index in [0.29, 0.717) is 5.65 Å². The van der Waals surface area contributed by atoms with Gasteiger partial charge in [-0.1, -0.05) is 36.0 Å². The molecule has 2 N–H and O–H groups in total. The Balaban J connectivity index is 1.47. The van der Waals surface area contributed by atoms with Crippen molar-refractivity contribution < 1.29 is 4.79 Å². The largest absolute Gasteiger partial charge is 0.348 e. The van der Waals surface area contributed by atoms with E-state index >= 15 is 0 Å². The molecule has 0 bridgehead atoms. The minimum Gasteiger partial charge on any atom is -0.348 e. The summed E-state index contributed by atoms with van der Waals surface area (Å²) in [4.78, 5) is 28.3. The number of imidazole rings is 1. The van der Waals surface area contributed by atoms with Gasteiger partial charge in [0.05, 0.1) is 17.6 Å². The number of thioether (sulfide) groups is 1.